The molecule has 2 aromatic carbocycles. The summed E-state index contributed by atoms with van der Waals surface area (Å²) in [5, 5.41) is 3.06. The number of rotatable bonds is 5. The molecule has 1 aromatic heterocycles. The Morgan fingerprint density at radius 1 is 1.00 bits per heavy atom. The Morgan fingerprint density at radius 2 is 1.73 bits per heavy atom. The first-order valence-electron chi connectivity index (χ1n) is 10.9. The van der Waals surface area contributed by atoms with Gasteiger partial charge in [0, 0.05) is 24.7 Å². The Bertz CT molecular complexity index is 967. The molecule has 6 heteroatoms. The van der Waals surface area contributed by atoms with Crippen LogP contribution in [-0.4, -0.2) is 30.1 Å². The minimum absolute atomic E-state index is 0.0000405. The van der Waals surface area contributed by atoms with Crippen LogP contribution in [0.25, 0.3) is 11.1 Å². The Balaban J connectivity index is 1.14. The maximum atomic E-state index is 12.7. The summed E-state index contributed by atoms with van der Waals surface area (Å²) < 4.78 is 11.9. The number of piperidine rings is 1. The minimum Gasteiger partial charge on any atom is -0.490 e. The van der Waals surface area contributed by atoms with E-state index in [1.807, 2.05) is 48.5 Å². The van der Waals surface area contributed by atoms with Crippen molar-refractivity contribution in [3.63, 3.8) is 0 Å². The molecular weight excluding hydrogens is 378 g/mol. The van der Waals surface area contributed by atoms with E-state index in [9.17, 15) is 4.79 Å². The van der Waals surface area contributed by atoms with E-state index >= 15 is 0 Å². The van der Waals surface area contributed by atoms with Crippen molar-refractivity contribution in [3.05, 3.63) is 48.5 Å². The van der Waals surface area contributed by atoms with Crippen LogP contribution in [-0.2, 0) is 4.79 Å². The molecule has 0 radical (unpaired) electrons. The van der Waals surface area contributed by atoms with Crippen molar-refractivity contribution in [2.24, 2.45) is 5.92 Å². The van der Waals surface area contributed by atoms with E-state index in [-0.39, 0.29) is 11.8 Å². The first-order chi connectivity index (χ1) is 14.7. The molecule has 1 saturated heterocycles. The van der Waals surface area contributed by atoms with Gasteiger partial charge >= 0.3 is 0 Å². The van der Waals surface area contributed by atoms with Crippen molar-refractivity contribution >= 4 is 28.7 Å². The zero-order chi connectivity index (χ0) is 20.3. The van der Waals surface area contributed by atoms with Crippen LogP contribution in [0.15, 0.2) is 52.9 Å². The first kappa shape index (κ1) is 19.0. The fourth-order valence-electron chi connectivity index (χ4n) is 4.39. The predicted octanol–water partition coefficient (Wildman–Crippen LogP) is 5.00. The molecule has 0 bridgehead atoms. The smallest absolute Gasteiger partial charge is 0.298 e. The number of aromatic nitrogens is 1. The zero-order valence-corrected chi connectivity index (χ0v) is 17.0. The molecule has 0 unspecified atom stereocenters. The highest BCUT2D eigenvalue weighted by Crippen LogP contribution is 2.28. The molecular formula is C24H27N3O3. The monoisotopic (exact) mass is 405 g/mol. The van der Waals surface area contributed by atoms with E-state index in [2.05, 4.69) is 15.2 Å². The number of para-hydroxylation sites is 2. The Kier molecular flexibility index (Phi) is 5.30. The quantitative estimate of drug-likeness (QED) is 0.647. The highest BCUT2D eigenvalue weighted by atomic mass is 16.5. The summed E-state index contributed by atoms with van der Waals surface area (Å²) in [5.74, 6) is 0.961. The van der Waals surface area contributed by atoms with Crippen molar-refractivity contribution in [3.8, 4) is 5.75 Å². The van der Waals surface area contributed by atoms with Crippen LogP contribution in [0.4, 0.5) is 11.7 Å². The molecule has 156 valence electrons. The van der Waals surface area contributed by atoms with Crippen LogP contribution >= 0.6 is 0 Å². The maximum Gasteiger partial charge on any atom is 0.298 e. The second kappa shape index (κ2) is 8.38. The summed E-state index contributed by atoms with van der Waals surface area (Å²) in [6.45, 7) is 1.53. The number of carbonyl (C=O) groups is 1. The number of ether oxygens (including phenoxy) is 1. The normalized spacial score (nSPS) is 18.1. The molecule has 1 aliphatic carbocycles. The number of oxazole rings is 1. The summed E-state index contributed by atoms with van der Waals surface area (Å²) in [6, 6.07) is 16.2. The third-order valence-corrected chi connectivity index (χ3v) is 6.15. The molecule has 3 aromatic rings. The molecule has 1 N–H and O–H groups in total. The van der Waals surface area contributed by atoms with Gasteiger partial charge in [-0.05, 0) is 74.9 Å². The topological polar surface area (TPSA) is 67.6 Å². The van der Waals surface area contributed by atoms with Gasteiger partial charge in [-0.1, -0.05) is 12.1 Å². The van der Waals surface area contributed by atoms with Crippen LogP contribution in [0.2, 0.25) is 0 Å². The predicted molar refractivity (Wildman–Crippen MR) is 117 cm³/mol. The zero-order valence-electron chi connectivity index (χ0n) is 17.0. The van der Waals surface area contributed by atoms with Gasteiger partial charge in [0.1, 0.15) is 11.3 Å². The van der Waals surface area contributed by atoms with E-state index in [0.29, 0.717) is 12.1 Å². The summed E-state index contributed by atoms with van der Waals surface area (Å²) in [6.07, 6.45) is 6.70. The Hall–Kier alpha value is -3.02. The Labute approximate surface area is 176 Å². The van der Waals surface area contributed by atoms with Gasteiger partial charge in [0.15, 0.2) is 5.58 Å². The van der Waals surface area contributed by atoms with Crippen LogP contribution < -0.4 is 15.0 Å². The largest absolute Gasteiger partial charge is 0.490 e. The summed E-state index contributed by atoms with van der Waals surface area (Å²) >= 11 is 0. The van der Waals surface area contributed by atoms with Gasteiger partial charge in [0.05, 0.1) is 6.10 Å². The fraction of sp³-hybridized carbons (Fsp3) is 0.417. The number of hydrogen-bond donors (Lipinski definition) is 1. The highest BCUT2D eigenvalue weighted by Gasteiger charge is 2.27. The van der Waals surface area contributed by atoms with Crippen molar-refractivity contribution in [2.45, 2.75) is 44.6 Å². The lowest BCUT2D eigenvalue weighted by atomic mass is 9.96. The van der Waals surface area contributed by atoms with Crippen LogP contribution in [0.1, 0.15) is 38.5 Å². The van der Waals surface area contributed by atoms with E-state index in [4.69, 9.17) is 9.15 Å². The van der Waals surface area contributed by atoms with Crippen molar-refractivity contribution in [1.82, 2.24) is 4.98 Å². The Morgan fingerprint density at radius 3 is 2.47 bits per heavy atom. The van der Waals surface area contributed by atoms with Crippen molar-refractivity contribution < 1.29 is 13.9 Å². The van der Waals surface area contributed by atoms with Gasteiger partial charge in [0.2, 0.25) is 5.91 Å². The third-order valence-electron chi connectivity index (χ3n) is 6.15. The molecule has 30 heavy (non-hydrogen) atoms. The lowest BCUT2D eigenvalue weighted by molar-refractivity contribution is -0.120. The van der Waals surface area contributed by atoms with Crippen LogP contribution in [0, 0.1) is 5.92 Å². The average Bonchev–Trinajstić information content (AvgIpc) is 3.45. The van der Waals surface area contributed by atoms with Gasteiger partial charge in [-0.2, -0.15) is 4.98 Å². The van der Waals surface area contributed by atoms with Gasteiger partial charge in [0.25, 0.3) is 6.01 Å². The highest BCUT2D eigenvalue weighted by molar-refractivity contribution is 5.92. The number of amides is 1. The van der Waals surface area contributed by atoms with Gasteiger partial charge in [-0.25, -0.2) is 0 Å². The molecule has 2 fully saturated rings. The van der Waals surface area contributed by atoms with Gasteiger partial charge < -0.3 is 19.4 Å². The van der Waals surface area contributed by atoms with Gasteiger partial charge in [-0.3, -0.25) is 4.79 Å². The number of fused-ring (bicyclic) bond motifs is 1. The van der Waals surface area contributed by atoms with Crippen LogP contribution in [0.3, 0.4) is 0 Å². The van der Waals surface area contributed by atoms with E-state index in [1.54, 1.807) is 0 Å². The third kappa shape index (κ3) is 4.13. The summed E-state index contributed by atoms with van der Waals surface area (Å²) in [4.78, 5) is 19.4. The first-order valence-corrected chi connectivity index (χ1v) is 10.9. The fourth-order valence-corrected chi connectivity index (χ4v) is 4.39. The number of nitrogens with one attached hydrogen (secondary N) is 1. The number of carbonyl (C=O) groups excluding carboxylic acids is 1. The van der Waals surface area contributed by atoms with Crippen molar-refractivity contribution in [1.29, 1.82) is 0 Å². The molecule has 5 rings (SSSR count). The maximum absolute atomic E-state index is 12.7. The number of nitrogens with zero attached hydrogens (tertiary/aromatic N) is 2. The SMILES string of the molecule is O=C(Nc1ccc(OC2CCCC2)cc1)C1CCN(c2nc3ccccc3o2)CC1. The second-order valence-electron chi connectivity index (χ2n) is 8.26. The summed E-state index contributed by atoms with van der Waals surface area (Å²) in [7, 11) is 0. The minimum atomic E-state index is 0.0000405. The molecule has 1 aliphatic heterocycles. The molecule has 0 spiro atoms. The average molecular weight is 405 g/mol. The molecule has 2 heterocycles. The van der Waals surface area contributed by atoms with Gasteiger partial charge in [-0.15, -0.1) is 0 Å². The standard InChI is InChI=1S/C24H27N3O3/c28-23(25-18-9-11-20(12-10-18)29-19-5-1-2-6-19)17-13-15-27(16-14-17)24-26-21-7-3-4-8-22(21)30-24/h3-4,7-12,17,19H,1-2,5-6,13-16H2,(H,25,28). The number of hydrogen-bond acceptors (Lipinski definition) is 5. The molecule has 2 aliphatic rings. The molecule has 1 amide bonds. The summed E-state index contributed by atoms with van der Waals surface area (Å²) in [5.41, 5.74) is 2.49. The lowest BCUT2D eigenvalue weighted by Crippen LogP contribution is -2.38. The molecule has 0 atom stereocenters. The molecule has 1 saturated carbocycles. The van der Waals surface area contributed by atoms with Crippen molar-refractivity contribution in [2.75, 3.05) is 23.3 Å². The number of benzene rings is 2. The van der Waals surface area contributed by atoms with E-state index < -0.39 is 0 Å². The van der Waals surface area contributed by atoms with E-state index in [1.165, 1.54) is 12.8 Å². The van der Waals surface area contributed by atoms with Crippen LogP contribution in [0.5, 0.6) is 5.75 Å². The molecule has 6 nitrogen and oxygen atoms in total. The van der Waals surface area contributed by atoms with E-state index in [0.717, 1.165) is 61.3 Å². The lowest BCUT2D eigenvalue weighted by Gasteiger charge is -2.30. The second-order valence-corrected chi connectivity index (χ2v) is 8.26. The number of anilines is 2.